The third-order valence-corrected chi connectivity index (χ3v) is 6.01. The first-order valence-corrected chi connectivity index (χ1v) is 10.6. The molecule has 6 nitrogen and oxygen atoms in total. The van der Waals surface area contributed by atoms with E-state index in [0.29, 0.717) is 16.8 Å². The molecule has 0 bridgehead atoms. The molecule has 2 heterocycles. The zero-order valence-corrected chi connectivity index (χ0v) is 17.9. The molecule has 0 aliphatic carbocycles. The van der Waals surface area contributed by atoms with Gasteiger partial charge in [-0.25, -0.2) is 9.97 Å². The summed E-state index contributed by atoms with van der Waals surface area (Å²) in [6, 6.07) is 9.37. The molecule has 1 unspecified atom stereocenters. The Morgan fingerprint density at radius 1 is 1.25 bits per heavy atom. The van der Waals surface area contributed by atoms with E-state index >= 15 is 0 Å². The number of hydrogen-bond acceptors (Lipinski definition) is 7. The van der Waals surface area contributed by atoms with Gasteiger partial charge in [0, 0.05) is 12.5 Å². The molecule has 3 aromatic rings. The van der Waals surface area contributed by atoms with Crippen LogP contribution in [0.1, 0.15) is 44.1 Å². The summed E-state index contributed by atoms with van der Waals surface area (Å²) in [7, 11) is 1.52. The molecule has 1 N–H and O–H groups in total. The van der Waals surface area contributed by atoms with Crippen LogP contribution >= 0.6 is 23.1 Å². The minimum absolute atomic E-state index is 0.0610. The number of thioether (sulfide) groups is 1. The number of aromatic nitrogens is 2. The topological polar surface area (TPSA) is 77.2 Å². The first-order valence-electron chi connectivity index (χ1n) is 8.79. The Hall–Kier alpha value is -2.16. The molecule has 0 saturated heterocycles. The van der Waals surface area contributed by atoms with E-state index in [2.05, 4.69) is 36.1 Å². The molecule has 0 spiro atoms. The molecular weight excluding hydrogens is 394 g/mol. The standard InChI is InChI=1S/C20H23N3O3S2/c1-20(2,3)14-10-21-15(26-14)12-27-16-11-22-19(28-16)23-18(24)17(25-4)13-8-6-5-7-9-13/h5-11,17H,12H2,1-4H3,(H,22,23,24). The lowest BCUT2D eigenvalue weighted by molar-refractivity contribution is -0.126. The van der Waals surface area contributed by atoms with Crippen molar-refractivity contribution in [1.82, 2.24) is 9.97 Å². The third kappa shape index (κ3) is 5.21. The molecule has 3 rings (SSSR count). The number of methoxy groups -OCH3 is 1. The lowest BCUT2D eigenvalue weighted by Gasteiger charge is -2.14. The first-order chi connectivity index (χ1) is 13.4. The Morgan fingerprint density at radius 3 is 2.64 bits per heavy atom. The SMILES string of the molecule is COC(C(=O)Nc1ncc(SCc2ncc(C(C)(C)C)o2)s1)c1ccccc1. The molecule has 0 aliphatic rings. The summed E-state index contributed by atoms with van der Waals surface area (Å²) in [5.41, 5.74) is 0.737. The van der Waals surface area contributed by atoms with Crippen molar-refractivity contribution in [1.29, 1.82) is 0 Å². The van der Waals surface area contributed by atoms with E-state index in [1.54, 1.807) is 24.2 Å². The van der Waals surface area contributed by atoms with Crippen molar-refractivity contribution in [3.63, 3.8) is 0 Å². The van der Waals surface area contributed by atoms with Crippen molar-refractivity contribution in [2.24, 2.45) is 0 Å². The highest BCUT2D eigenvalue weighted by Crippen LogP contribution is 2.32. The van der Waals surface area contributed by atoms with Crippen LogP contribution in [0.2, 0.25) is 0 Å². The van der Waals surface area contributed by atoms with Crippen LogP contribution in [-0.2, 0) is 20.7 Å². The van der Waals surface area contributed by atoms with E-state index in [1.807, 2.05) is 30.3 Å². The number of ether oxygens (including phenoxy) is 1. The Kier molecular flexibility index (Phi) is 6.53. The van der Waals surface area contributed by atoms with Gasteiger partial charge in [-0.3, -0.25) is 10.1 Å². The number of hydrogen-bond donors (Lipinski definition) is 1. The molecule has 0 radical (unpaired) electrons. The summed E-state index contributed by atoms with van der Waals surface area (Å²) in [5, 5.41) is 3.36. The number of carbonyl (C=O) groups excluding carboxylic acids is 1. The van der Waals surface area contributed by atoms with Gasteiger partial charge in [0.15, 0.2) is 11.2 Å². The summed E-state index contributed by atoms with van der Waals surface area (Å²) in [4.78, 5) is 21.1. The van der Waals surface area contributed by atoms with Gasteiger partial charge in [0.25, 0.3) is 5.91 Å². The van der Waals surface area contributed by atoms with Crippen LogP contribution in [0.25, 0.3) is 0 Å². The van der Waals surface area contributed by atoms with E-state index in [-0.39, 0.29) is 11.3 Å². The number of oxazole rings is 1. The number of benzene rings is 1. The van der Waals surface area contributed by atoms with E-state index in [1.165, 1.54) is 18.4 Å². The second kappa shape index (κ2) is 8.89. The van der Waals surface area contributed by atoms with Gasteiger partial charge in [-0.1, -0.05) is 62.4 Å². The number of carbonyl (C=O) groups is 1. The minimum Gasteiger partial charge on any atom is -0.444 e. The monoisotopic (exact) mass is 417 g/mol. The summed E-state index contributed by atoms with van der Waals surface area (Å²) in [5.74, 6) is 1.91. The van der Waals surface area contributed by atoms with Crippen molar-refractivity contribution < 1.29 is 13.9 Å². The van der Waals surface area contributed by atoms with Crippen molar-refractivity contribution in [3.8, 4) is 0 Å². The van der Waals surface area contributed by atoms with Crippen LogP contribution in [0.15, 0.2) is 51.4 Å². The van der Waals surface area contributed by atoms with Gasteiger partial charge < -0.3 is 9.15 Å². The van der Waals surface area contributed by atoms with Crippen molar-refractivity contribution in [2.45, 2.75) is 42.3 Å². The Balaban J connectivity index is 1.58. The average Bonchev–Trinajstić information content (AvgIpc) is 3.30. The van der Waals surface area contributed by atoms with Crippen molar-refractivity contribution in [3.05, 3.63) is 59.9 Å². The number of rotatable bonds is 7. The normalized spacial score (nSPS) is 12.7. The molecule has 8 heteroatoms. The van der Waals surface area contributed by atoms with E-state index < -0.39 is 6.10 Å². The van der Waals surface area contributed by atoms with Gasteiger partial charge in [-0.15, -0.1) is 11.8 Å². The highest BCUT2D eigenvalue weighted by atomic mass is 32.2. The maximum Gasteiger partial charge on any atom is 0.259 e. The minimum atomic E-state index is -0.677. The lowest BCUT2D eigenvalue weighted by Crippen LogP contribution is -2.22. The van der Waals surface area contributed by atoms with Crippen LogP contribution < -0.4 is 5.32 Å². The molecule has 1 amide bonds. The average molecular weight is 418 g/mol. The summed E-state index contributed by atoms with van der Waals surface area (Å²) < 4.78 is 12.1. The van der Waals surface area contributed by atoms with Crippen molar-refractivity contribution in [2.75, 3.05) is 12.4 Å². The van der Waals surface area contributed by atoms with E-state index in [9.17, 15) is 4.79 Å². The molecule has 2 aromatic heterocycles. The zero-order chi connectivity index (χ0) is 20.1. The number of nitrogens with one attached hydrogen (secondary N) is 1. The summed E-state index contributed by atoms with van der Waals surface area (Å²) in [6.07, 6.45) is 2.84. The number of thiazole rings is 1. The highest BCUT2D eigenvalue weighted by molar-refractivity contribution is 8.00. The van der Waals surface area contributed by atoms with Crippen LogP contribution in [0.4, 0.5) is 5.13 Å². The molecular formula is C20H23N3O3S2. The molecule has 148 valence electrons. The predicted molar refractivity (Wildman–Crippen MR) is 112 cm³/mol. The van der Waals surface area contributed by atoms with Gasteiger partial charge in [0.1, 0.15) is 5.76 Å². The molecule has 28 heavy (non-hydrogen) atoms. The predicted octanol–water partition coefficient (Wildman–Crippen LogP) is 5.05. The quantitative estimate of drug-likeness (QED) is 0.542. The van der Waals surface area contributed by atoms with Gasteiger partial charge in [-0.2, -0.15) is 0 Å². The van der Waals surface area contributed by atoms with Gasteiger partial charge >= 0.3 is 0 Å². The molecule has 1 aromatic carbocycles. The lowest BCUT2D eigenvalue weighted by atomic mass is 9.94. The smallest absolute Gasteiger partial charge is 0.259 e. The Labute approximate surface area is 172 Å². The molecule has 0 saturated carbocycles. The number of amides is 1. The fraction of sp³-hybridized carbons (Fsp3) is 0.350. The van der Waals surface area contributed by atoms with Gasteiger partial charge in [0.05, 0.1) is 22.4 Å². The molecule has 1 atom stereocenters. The second-order valence-corrected chi connectivity index (χ2v) is 9.46. The highest BCUT2D eigenvalue weighted by Gasteiger charge is 2.21. The fourth-order valence-corrected chi connectivity index (χ4v) is 4.16. The second-order valence-electron chi connectivity index (χ2n) is 7.16. The van der Waals surface area contributed by atoms with Gasteiger partial charge in [-0.05, 0) is 5.56 Å². The van der Waals surface area contributed by atoms with Crippen LogP contribution in [0, 0.1) is 0 Å². The van der Waals surface area contributed by atoms with Crippen LogP contribution in [0.5, 0.6) is 0 Å². The summed E-state index contributed by atoms with van der Waals surface area (Å²) >= 11 is 2.98. The van der Waals surface area contributed by atoms with E-state index in [0.717, 1.165) is 15.5 Å². The zero-order valence-electron chi connectivity index (χ0n) is 16.3. The van der Waals surface area contributed by atoms with Crippen LogP contribution in [0.3, 0.4) is 0 Å². The third-order valence-electron chi connectivity index (χ3n) is 3.92. The van der Waals surface area contributed by atoms with Gasteiger partial charge in [0.2, 0.25) is 5.89 Å². The Bertz CT molecular complexity index is 916. The fourth-order valence-electron chi connectivity index (χ4n) is 2.43. The maximum absolute atomic E-state index is 12.5. The largest absolute Gasteiger partial charge is 0.444 e. The first kappa shape index (κ1) is 20.6. The van der Waals surface area contributed by atoms with Crippen LogP contribution in [-0.4, -0.2) is 23.0 Å². The van der Waals surface area contributed by atoms with E-state index in [4.69, 9.17) is 9.15 Å². The van der Waals surface area contributed by atoms with Crippen molar-refractivity contribution >= 4 is 34.1 Å². The number of nitrogens with zero attached hydrogens (tertiary/aromatic N) is 2. The molecule has 0 aliphatic heterocycles. The summed E-state index contributed by atoms with van der Waals surface area (Å²) in [6.45, 7) is 6.27. The maximum atomic E-state index is 12.5. The number of anilines is 1. The Morgan fingerprint density at radius 2 is 2.00 bits per heavy atom. The molecule has 0 fully saturated rings.